The van der Waals surface area contributed by atoms with Crippen molar-refractivity contribution in [3.63, 3.8) is 0 Å². The highest BCUT2D eigenvalue weighted by Crippen LogP contribution is 2.32. The Kier molecular flexibility index (Phi) is 2.66. The summed E-state index contributed by atoms with van der Waals surface area (Å²) in [5, 5.41) is 1.21. The molecule has 1 heterocycles. The number of fused-ring (bicyclic) bond motifs is 1. The summed E-state index contributed by atoms with van der Waals surface area (Å²) in [4.78, 5) is 0. The summed E-state index contributed by atoms with van der Waals surface area (Å²) in [5.41, 5.74) is 9.49. The number of methoxy groups -OCH3 is 1. The van der Waals surface area contributed by atoms with Crippen LogP contribution in [-0.2, 0) is 12.6 Å². The zero-order valence-corrected chi connectivity index (χ0v) is 11.2. The van der Waals surface area contributed by atoms with Crippen molar-refractivity contribution < 1.29 is 4.74 Å². The molecular weight excluding hydrogens is 212 g/mol. The Balaban J connectivity index is 2.81. The molecule has 0 atom stereocenters. The molecule has 0 spiro atoms. The third kappa shape index (κ3) is 1.80. The molecule has 3 heteroatoms. The number of benzene rings is 1. The minimum Gasteiger partial charge on any atom is -0.497 e. The molecule has 3 nitrogen and oxygen atoms in total. The van der Waals surface area contributed by atoms with Gasteiger partial charge in [-0.3, -0.25) is 0 Å². The van der Waals surface area contributed by atoms with E-state index in [-0.39, 0.29) is 5.54 Å². The second-order valence-corrected chi connectivity index (χ2v) is 5.14. The summed E-state index contributed by atoms with van der Waals surface area (Å²) in [6.45, 7) is 6.18. The van der Waals surface area contributed by atoms with E-state index in [2.05, 4.69) is 30.7 Å². The molecule has 0 aliphatic rings. The quantitative estimate of drug-likeness (QED) is 0.864. The van der Waals surface area contributed by atoms with Crippen molar-refractivity contribution in [2.24, 2.45) is 12.8 Å². The van der Waals surface area contributed by atoms with Crippen LogP contribution in [-0.4, -0.2) is 11.7 Å². The zero-order valence-electron chi connectivity index (χ0n) is 11.2. The lowest BCUT2D eigenvalue weighted by molar-refractivity contribution is 0.415. The fourth-order valence-corrected chi connectivity index (χ4v) is 2.65. The lowest BCUT2D eigenvalue weighted by Gasteiger charge is -2.21. The summed E-state index contributed by atoms with van der Waals surface area (Å²) >= 11 is 0. The highest BCUT2D eigenvalue weighted by Gasteiger charge is 2.23. The Morgan fingerprint density at radius 1 is 1.29 bits per heavy atom. The maximum atomic E-state index is 6.24. The van der Waals surface area contributed by atoms with Gasteiger partial charge in [0.1, 0.15) is 5.75 Å². The molecule has 92 valence electrons. The van der Waals surface area contributed by atoms with Crippen LogP contribution in [0.5, 0.6) is 5.75 Å². The van der Waals surface area contributed by atoms with Gasteiger partial charge in [0.05, 0.1) is 12.6 Å². The molecule has 0 unspecified atom stereocenters. The lowest BCUT2D eigenvalue weighted by atomic mass is 9.98. The Morgan fingerprint density at radius 3 is 2.47 bits per heavy atom. The molecule has 2 rings (SSSR count). The highest BCUT2D eigenvalue weighted by atomic mass is 16.5. The first-order valence-electron chi connectivity index (χ1n) is 5.78. The van der Waals surface area contributed by atoms with Crippen LogP contribution in [0.2, 0.25) is 0 Å². The largest absolute Gasteiger partial charge is 0.497 e. The van der Waals surface area contributed by atoms with Crippen molar-refractivity contribution in [1.82, 2.24) is 4.57 Å². The van der Waals surface area contributed by atoms with Crippen LogP contribution in [0.15, 0.2) is 18.2 Å². The first kappa shape index (κ1) is 12.0. The predicted octanol–water partition coefficient (Wildman–Crippen LogP) is 2.69. The monoisotopic (exact) mass is 232 g/mol. The van der Waals surface area contributed by atoms with E-state index in [1.807, 2.05) is 19.9 Å². The topological polar surface area (TPSA) is 40.2 Å². The van der Waals surface area contributed by atoms with Gasteiger partial charge < -0.3 is 15.0 Å². The fraction of sp³-hybridized carbons (Fsp3) is 0.429. The number of aryl methyl sites for hydroxylation is 2. The highest BCUT2D eigenvalue weighted by molar-refractivity contribution is 5.87. The summed E-state index contributed by atoms with van der Waals surface area (Å²) in [5.74, 6) is 0.882. The van der Waals surface area contributed by atoms with Gasteiger partial charge in [0, 0.05) is 23.6 Å². The SMILES string of the molecule is COc1ccc2c(c1)c(C)c(C(C)(C)N)n2C. The van der Waals surface area contributed by atoms with Gasteiger partial charge in [0.15, 0.2) is 0 Å². The van der Waals surface area contributed by atoms with Crippen molar-refractivity contribution in [3.05, 3.63) is 29.5 Å². The fourth-order valence-electron chi connectivity index (χ4n) is 2.65. The first-order chi connectivity index (χ1) is 7.86. The molecule has 0 radical (unpaired) electrons. The molecule has 1 aromatic heterocycles. The van der Waals surface area contributed by atoms with Gasteiger partial charge in [-0.25, -0.2) is 0 Å². The normalized spacial score (nSPS) is 12.1. The Morgan fingerprint density at radius 2 is 1.94 bits per heavy atom. The van der Waals surface area contributed by atoms with E-state index in [1.165, 1.54) is 22.2 Å². The van der Waals surface area contributed by atoms with E-state index in [9.17, 15) is 0 Å². The molecule has 0 aliphatic carbocycles. The van der Waals surface area contributed by atoms with Gasteiger partial charge in [-0.1, -0.05) is 0 Å². The third-order valence-corrected chi connectivity index (χ3v) is 3.27. The van der Waals surface area contributed by atoms with Gasteiger partial charge in [0.2, 0.25) is 0 Å². The number of ether oxygens (including phenoxy) is 1. The van der Waals surface area contributed by atoms with E-state index in [0.717, 1.165) is 5.75 Å². The second kappa shape index (κ2) is 3.77. The predicted molar refractivity (Wildman–Crippen MR) is 71.4 cm³/mol. The Labute approximate surface area is 102 Å². The van der Waals surface area contributed by atoms with Crippen LogP contribution >= 0.6 is 0 Å². The number of nitrogens with two attached hydrogens (primary N) is 1. The van der Waals surface area contributed by atoms with Gasteiger partial charge >= 0.3 is 0 Å². The van der Waals surface area contributed by atoms with E-state index in [0.29, 0.717) is 0 Å². The standard InChI is InChI=1S/C14H20N2O/c1-9-11-8-10(17-5)6-7-12(11)16(4)13(9)14(2,3)15/h6-8H,15H2,1-5H3. The van der Waals surface area contributed by atoms with E-state index in [1.54, 1.807) is 7.11 Å². The molecule has 0 fully saturated rings. The van der Waals surface area contributed by atoms with E-state index in [4.69, 9.17) is 10.5 Å². The molecular formula is C14H20N2O. The van der Waals surface area contributed by atoms with Crippen LogP contribution in [0.25, 0.3) is 10.9 Å². The number of hydrogen-bond acceptors (Lipinski definition) is 2. The molecule has 0 bridgehead atoms. The van der Waals surface area contributed by atoms with Crippen molar-refractivity contribution in [2.45, 2.75) is 26.3 Å². The summed E-state index contributed by atoms with van der Waals surface area (Å²) in [7, 11) is 3.75. The third-order valence-electron chi connectivity index (χ3n) is 3.27. The van der Waals surface area contributed by atoms with Crippen LogP contribution in [0, 0.1) is 6.92 Å². The van der Waals surface area contributed by atoms with Crippen LogP contribution < -0.4 is 10.5 Å². The maximum Gasteiger partial charge on any atom is 0.119 e. The van der Waals surface area contributed by atoms with E-state index >= 15 is 0 Å². The van der Waals surface area contributed by atoms with Crippen molar-refractivity contribution in [1.29, 1.82) is 0 Å². The minimum absolute atomic E-state index is 0.342. The average Bonchev–Trinajstić information content (AvgIpc) is 2.50. The molecule has 2 N–H and O–H groups in total. The Bertz CT molecular complexity index is 562. The summed E-state index contributed by atoms with van der Waals surface area (Å²) in [6, 6.07) is 6.13. The van der Waals surface area contributed by atoms with Gasteiger partial charge in [-0.05, 0) is 44.5 Å². The molecule has 0 amide bonds. The molecule has 0 saturated carbocycles. The van der Waals surface area contributed by atoms with Crippen LogP contribution in [0.4, 0.5) is 0 Å². The second-order valence-electron chi connectivity index (χ2n) is 5.14. The van der Waals surface area contributed by atoms with Gasteiger partial charge in [0.25, 0.3) is 0 Å². The van der Waals surface area contributed by atoms with Gasteiger partial charge in [-0.2, -0.15) is 0 Å². The zero-order chi connectivity index (χ0) is 12.8. The average molecular weight is 232 g/mol. The number of aromatic nitrogens is 1. The smallest absolute Gasteiger partial charge is 0.119 e. The van der Waals surface area contributed by atoms with Gasteiger partial charge in [-0.15, -0.1) is 0 Å². The van der Waals surface area contributed by atoms with E-state index < -0.39 is 0 Å². The van der Waals surface area contributed by atoms with Crippen molar-refractivity contribution >= 4 is 10.9 Å². The molecule has 2 aromatic rings. The Hall–Kier alpha value is -1.48. The van der Waals surface area contributed by atoms with Crippen molar-refractivity contribution in [3.8, 4) is 5.75 Å². The number of rotatable bonds is 2. The molecule has 0 aliphatic heterocycles. The molecule has 0 saturated heterocycles. The number of hydrogen-bond donors (Lipinski definition) is 1. The minimum atomic E-state index is -0.342. The van der Waals surface area contributed by atoms with Crippen LogP contribution in [0.3, 0.4) is 0 Å². The summed E-state index contributed by atoms with van der Waals surface area (Å²) in [6.07, 6.45) is 0. The lowest BCUT2D eigenvalue weighted by Crippen LogP contribution is -2.31. The molecule has 1 aromatic carbocycles. The maximum absolute atomic E-state index is 6.24. The van der Waals surface area contributed by atoms with Crippen LogP contribution in [0.1, 0.15) is 25.1 Å². The van der Waals surface area contributed by atoms with Crippen molar-refractivity contribution in [2.75, 3.05) is 7.11 Å². The first-order valence-corrected chi connectivity index (χ1v) is 5.78. The summed E-state index contributed by atoms with van der Waals surface area (Å²) < 4.78 is 7.44. The molecule has 17 heavy (non-hydrogen) atoms. The number of nitrogens with zero attached hydrogens (tertiary/aromatic N) is 1.